The highest BCUT2D eigenvalue weighted by Crippen LogP contribution is 2.28. The fourth-order valence-corrected chi connectivity index (χ4v) is 1.71. The summed E-state index contributed by atoms with van der Waals surface area (Å²) in [7, 11) is 1.54. The summed E-state index contributed by atoms with van der Waals surface area (Å²) in [6.07, 6.45) is 1.35. The van der Waals surface area contributed by atoms with Crippen LogP contribution >= 0.6 is 0 Å². The third-order valence-corrected chi connectivity index (χ3v) is 2.68. The Kier molecular flexibility index (Phi) is 7.69. The predicted molar refractivity (Wildman–Crippen MR) is 75.6 cm³/mol. The van der Waals surface area contributed by atoms with Gasteiger partial charge in [0.1, 0.15) is 6.61 Å². The molecule has 1 rings (SSSR count). The first-order valence-corrected chi connectivity index (χ1v) is 6.75. The quantitative estimate of drug-likeness (QED) is 0.525. The van der Waals surface area contributed by atoms with Gasteiger partial charge in [-0.3, -0.25) is 4.79 Å². The van der Waals surface area contributed by atoms with Gasteiger partial charge < -0.3 is 19.3 Å². The fraction of sp³-hybridized carbons (Fsp3) is 0.533. The van der Waals surface area contributed by atoms with Crippen LogP contribution in [0.5, 0.6) is 11.5 Å². The molecule has 1 aromatic carbocycles. The molecule has 0 aromatic heterocycles. The molecule has 0 aliphatic heterocycles. The van der Waals surface area contributed by atoms with Gasteiger partial charge in [0.05, 0.1) is 26.9 Å². The number of aliphatic hydroxyl groups excluding tert-OH is 1. The molecule has 0 atom stereocenters. The number of carbonyl (C=O) groups is 1. The Hall–Kier alpha value is -1.59. The molecule has 0 spiro atoms. The maximum absolute atomic E-state index is 11.8. The van der Waals surface area contributed by atoms with Gasteiger partial charge in [-0.1, -0.05) is 6.92 Å². The number of rotatable bonds is 10. The monoisotopic (exact) mass is 282 g/mol. The zero-order valence-corrected chi connectivity index (χ0v) is 12.1. The molecule has 5 heteroatoms. The third-order valence-electron chi connectivity index (χ3n) is 2.68. The van der Waals surface area contributed by atoms with Gasteiger partial charge >= 0.3 is 0 Å². The lowest BCUT2D eigenvalue weighted by molar-refractivity contribution is 0.0699. The number of hydrogen-bond acceptors (Lipinski definition) is 5. The van der Waals surface area contributed by atoms with Crippen molar-refractivity contribution < 1.29 is 24.1 Å². The van der Waals surface area contributed by atoms with Crippen molar-refractivity contribution in [3.8, 4) is 11.5 Å². The number of benzene rings is 1. The number of carbonyl (C=O) groups excluding carboxylic acids is 1. The Bertz CT molecular complexity index is 417. The minimum atomic E-state index is -0.00242. The molecule has 0 fully saturated rings. The summed E-state index contributed by atoms with van der Waals surface area (Å²) in [5, 5.41) is 8.57. The van der Waals surface area contributed by atoms with Crippen molar-refractivity contribution in [1.82, 2.24) is 0 Å². The van der Waals surface area contributed by atoms with E-state index in [1.165, 1.54) is 0 Å². The van der Waals surface area contributed by atoms with Crippen LogP contribution in [0.1, 0.15) is 30.1 Å². The first-order valence-electron chi connectivity index (χ1n) is 6.75. The largest absolute Gasteiger partial charge is 0.493 e. The van der Waals surface area contributed by atoms with Gasteiger partial charge in [-0.25, -0.2) is 0 Å². The normalized spacial score (nSPS) is 10.3. The Labute approximate surface area is 119 Å². The molecule has 112 valence electrons. The van der Waals surface area contributed by atoms with Gasteiger partial charge in [0.15, 0.2) is 17.3 Å². The first-order chi connectivity index (χ1) is 9.72. The van der Waals surface area contributed by atoms with E-state index in [1.54, 1.807) is 25.3 Å². The van der Waals surface area contributed by atoms with Crippen LogP contribution in [-0.4, -0.2) is 44.4 Å². The summed E-state index contributed by atoms with van der Waals surface area (Å²) in [5.41, 5.74) is 0.632. The molecule has 0 amide bonds. The number of ketones is 1. The van der Waals surface area contributed by atoms with E-state index in [2.05, 4.69) is 0 Å². The van der Waals surface area contributed by atoms with Crippen LogP contribution in [0.4, 0.5) is 0 Å². The Morgan fingerprint density at radius 2 is 2.00 bits per heavy atom. The molecule has 0 heterocycles. The average Bonchev–Trinajstić information content (AvgIpc) is 2.47. The zero-order valence-electron chi connectivity index (χ0n) is 12.1. The van der Waals surface area contributed by atoms with Crippen LogP contribution in [0.25, 0.3) is 0 Å². The van der Waals surface area contributed by atoms with E-state index in [0.29, 0.717) is 43.3 Å². The van der Waals surface area contributed by atoms with Crippen molar-refractivity contribution in [2.75, 3.05) is 33.5 Å². The number of aliphatic hydroxyl groups is 1. The van der Waals surface area contributed by atoms with Gasteiger partial charge in [0, 0.05) is 12.0 Å². The second-order valence-electron chi connectivity index (χ2n) is 4.22. The molecule has 1 N–H and O–H groups in total. The Balaban J connectivity index is 2.61. The van der Waals surface area contributed by atoms with Gasteiger partial charge in [-0.05, 0) is 24.6 Å². The van der Waals surface area contributed by atoms with Crippen molar-refractivity contribution >= 4 is 5.78 Å². The number of methoxy groups -OCH3 is 1. The highest BCUT2D eigenvalue weighted by atomic mass is 16.5. The SMILES string of the molecule is CCCC(=O)c1ccc(OCCOCCO)c(OC)c1. The van der Waals surface area contributed by atoms with Crippen LogP contribution in [0.3, 0.4) is 0 Å². The molecule has 0 aliphatic rings. The molecule has 0 aliphatic carbocycles. The third kappa shape index (κ3) is 5.19. The van der Waals surface area contributed by atoms with E-state index in [0.717, 1.165) is 6.42 Å². The van der Waals surface area contributed by atoms with E-state index < -0.39 is 0 Å². The molecular formula is C15H22O5. The van der Waals surface area contributed by atoms with E-state index in [4.69, 9.17) is 19.3 Å². The van der Waals surface area contributed by atoms with Crippen molar-refractivity contribution in [3.63, 3.8) is 0 Å². The van der Waals surface area contributed by atoms with Crippen LogP contribution in [-0.2, 0) is 4.74 Å². The summed E-state index contributed by atoms with van der Waals surface area (Å²) >= 11 is 0. The van der Waals surface area contributed by atoms with Crippen LogP contribution < -0.4 is 9.47 Å². The van der Waals surface area contributed by atoms with Gasteiger partial charge in [-0.15, -0.1) is 0 Å². The highest BCUT2D eigenvalue weighted by molar-refractivity contribution is 5.96. The molecule has 0 radical (unpaired) electrons. The fourth-order valence-electron chi connectivity index (χ4n) is 1.71. The van der Waals surface area contributed by atoms with E-state index in [-0.39, 0.29) is 12.4 Å². The summed E-state index contributed by atoms with van der Waals surface area (Å²) in [6.45, 7) is 3.01. The lowest BCUT2D eigenvalue weighted by Crippen LogP contribution is -2.10. The van der Waals surface area contributed by atoms with Crippen molar-refractivity contribution in [3.05, 3.63) is 23.8 Å². The molecule has 20 heavy (non-hydrogen) atoms. The zero-order chi connectivity index (χ0) is 14.8. The maximum atomic E-state index is 11.8. The van der Waals surface area contributed by atoms with E-state index in [1.807, 2.05) is 6.92 Å². The highest BCUT2D eigenvalue weighted by Gasteiger charge is 2.10. The molecule has 0 unspecified atom stereocenters. The smallest absolute Gasteiger partial charge is 0.163 e. The molecule has 0 bridgehead atoms. The molecule has 5 nitrogen and oxygen atoms in total. The van der Waals surface area contributed by atoms with Crippen molar-refractivity contribution in [2.24, 2.45) is 0 Å². The Morgan fingerprint density at radius 3 is 2.65 bits per heavy atom. The standard InChI is InChI=1S/C15H22O5/c1-3-4-13(17)12-5-6-14(15(11-12)18-2)20-10-9-19-8-7-16/h5-6,11,16H,3-4,7-10H2,1-2H3. The second kappa shape index (κ2) is 9.34. The second-order valence-corrected chi connectivity index (χ2v) is 4.22. The van der Waals surface area contributed by atoms with Crippen molar-refractivity contribution in [2.45, 2.75) is 19.8 Å². The average molecular weight is 282 g/mol. The summed E-state index contributed by atoms with van der Waals surface area (Å²) in [4.78, 5) is 11.8. The Morgan fingerprint density at radius 1 is 1.20 bits per heavy atom. The van der Waals surface area contributed by atoms with Crippen LogP contribution in [0.15, 0.2) is 18.2 Å². The molecule has 0 saturated heterocycles. The first kappa shape index (κ1) is 16.5. The van der Waals surface area contributed by atoms with Gasteiger partial charge in [0.2, 0.25) is 0 Å². The predicted octanol–water partition coefficient (Wildman–Crippen LogP) is 2.07. The molecule has 0 saturated carbocycles. The minimum Gasteiger partial charge on any atom is -0.493 e. The summed E-state index contributed by atoms with van der Waals surface area (Å²) < 4.78 is 15.9. The number of ether oxygens (including phenoxy) is 3. The topological polar surface area (TPSA) is 65.0 Å². The number of hydrogen-bond donors (Lipinski definition) is 1. The summed E-state index contributed by atoms with van der Waals surface area (Å²) in [5.74, 6) is 1.21. The number of Topliss-reactive ketones (excluding diaryl/α,β-unsaturated/α-hetero) is 1. The van der Waals surface area contributed by atoms with Crippen LogP contribution in [0, 0.1) is 0 Å². The van der Waals surface area contributed by atoms with Gasteiger partial charge in [-0.2, -0.15) is 0 Å². The summed E-state index contributed by atoms with van der Waals surface area (Å²) in [6, 6.07) is 5.17. The van der Waals surface area contributed by atoms with E-state index in [9.17, 15) is 4.79 Å². The van der Waals surface area contributed by atoms with Gasteiger partial charge in [0.25, 0.3) is 0 Å². The lowest BCUT2D eigenvalue weighted by atomic mass is 10.1. The van der Waals surface area contributed by atoms with E-state index >= 15 is 0 Å². The lowest BCUT2D eigenvalue weighted by Gasteiger charge is -2.12. The minimum absolute atomic E-state index is 0.00242. The van der Waals surface area contributed by atoms with Crippen molar-refractivity contribution in [1.29, 1.82) is 0 Å². The maximum Gasteiger partial charge on any atom is 0.163 e. The van der Waals surface area contributed by atoms with Crippen LogP contribution in [0.2, 0.25) is 0 Å². The molecule has 1 aromatic rings. The molecular weight excluding hydrogens is 260 g/mol.